The summed E-state index contributed by atoms with van der Waals surface area (Å²) in [6, 6.07) is 0.531. The van der Waals surface area contributed by atoms with Gasteiger partial charge in [0.05, 0.1) is 0 Å². The summed E-state index contributed by atoms with van der Waals surface area (Å²) in [6.07, 6.45) is 4.16. The molecule has 1 heterocycles. The smallest absolute Gasteiger partial charge is 0.0368 e. The van der Waals surface area contributed by atoms with E-state index < -0.39 is 0 Å². The quantitative estimate of drug-likeness (QED) is 0.878. The van der Waals surface area contributed by atoms with Crippen LogP contribution in [0.5, 0.6) is 0 Å². The van der Waals surface area contributed by atoms with E-state index in [-0.39, 0.29) is 0 Å². The van der Waals surface area contributed by atoms with Gasteiger partial charge in [-0.15, -0.1) is 0 Å². The number of nitrogens with one attached hydrogen (secondary N) is 1. The minimum atomic E-state index is 0.531. The molecule has 1 nitrogen and oxygen atoms in total. The molecule has 1 aliphatic carbocycles. The zero-order valence-electron chi connectivity index (χ0n) is 9.29. The Bertz CT molecular complexity index is 323. The number of hydrogen-bond donors (Lipinski definition) is 1. The first-order valence-corrected chi connectivity index (χ1v) is 7.36. The molecule has 2 rings (SSSR count). The van der Waals surface area contributed by atoms with Crippen molar-refractivity contribution in [3.05, 3.63) is 20.8 Å². The molecule has 0 aliphatic heterocycles. The Morgan fingerprint density at radius 3 is 2.73 bits per heavy atom. The molecule has 3 heteroatoms. The minimum Gasteiger partial charge on any atom is -0.313 e. The van der Waals surface area contributed by atoms with Crippen molar-refractivity contribution in [3.63, 3.8) is 0 Å². The summed E-state index contributed by atoms with van der Waals surface area (Å²) in [5, 5.41) is 7.95. The zero-order chi connectivity index (χ0) is 10.8. The first-order chi connectivity index (χ1) is 7.24. The number of rotatable bonds is 3. The van der Waals surface area contributed by atoms with E-state index in [1.165, 1.54) is 29.3 Å². The van der Waals surface area contributed by atoms with Gasteiger partial charge >= 0.3 is 0 Å². The van der Waals surface area contributed by atoms with Gasteiger partial charge in [0, 0.05) is 15.9 Å². The van der Waals surface area contributed by atoms with Gasteiger partial charge in [-0.1, -0.05) is 19.8 Å². The summed E-state index contributed by atoms with van der Waals surface area (Å²) in [4.78, 5) is 0. The second kappa shape index (κ2) is 4.98. The first-order valence-electron chi connectivity index (χ1n) is 5.63. The molecular weight excluding hydrogens is 270 g/mol. The van der Waals surface area contributed by atoms with Crippen LogP contribution in [-0.4, -0.2) is 7.05 Å². The van der Waals surface area contributed by atoms with Gasteiger partial charge in [0.25, 0.3) is 0 Å². The molecule has 15 heavy (non-hydrogen) atoms. The maximum Gasteiger partial charge on any atom is 0.0368 e. The molecule has 0 saturated heterocycles. The predicted molar refractivity (Wildman–Crippen MR) is 70.3 cm³/mol. The standard InChI is InChI=1S/C12H18BrNS/c1-8-4-3-5-9(8)12(14-2)10-6-15-7-11(10)13/h6-9,12,14H,3-5H2,1-2H3. The summed E-state index contributed by atoms with van der Waals surface area (Å²) >= 11 is 5.43. The largest absolute Gasteiger partial charge is 0.313 e. The van der Waals surface area contributed by atoms with Gasteiger partial charge in [-0.05, 0) is 52.2 Å². The minimum absolute atomic E-state index is 0.531. The van der Waals surface area contributed by atoms with Crippen LogP contribution in [0.3, 0.4) is 0 Å². The van der Waals surface area contributed by atoms with Crippen molar-refractivity contribution >= 4 is 27.3 Å². The molecule has 3 atom stereocenters. The van der Waals surface area contributed by atoms with E-state index in [1.54, 1.807) is 11.3 Å². The highest BCUT2D eigenvalue weighted by molar-refractivity contribution is 9.10. The first kappa shape index (κ1) is 11.6. The number of hydrogen-bond acceptors (Lipinski definition) is 2. The fourth-order valence-electron chi connectivity index (χ4n) is 2.78. The normalized spacial score (nSPS) is 28.2. The maximum absolute atomic E-state index is 3.65. The molecule has 84 valence electrons. The van der Waals surface area contributed by atoms with Crippen LogP contribution in [0.4, 0.5) is 0 Å². The average molecular weight is 288 g/mol. The molecule has 1 N–H and O–H groups in total. The van der Waals surface area contributed by atoms with Crippen molar-refractivity contribution in [3.8, 4) is 0 Å². The van der Waals surface area contributed by atoms with Crippen molar-refractivity contribution in [1.82, 2.24) is 5.32 Å². The molecule has 0 bridgehead atoms. The molecule has 1 aromatic heterocycles. The third-order valence-electron chi connectivity index (χ3n) is 3.64. The molecule has 3 unspecified atom stereocenters. The van der Waals surface area contributed by atoms with Gasteiger partial charge in [0.2, 0.25) is 0 Å². The van der Waals surface area contributed by atoms with E-state index in [1.807, 2.05) is 0 Å². The Balaban J connectivity index is 2.20. The Kier molecular flexibility index (Phi) is 3.86. The van der Waals surface area contributed by atoms with Crippen molar-refractivity contribution in [2.24, 2.45) is 11.8 Å². The van der Waals surface area contributed by atoms with E-state index in [0.717, 1.165) is 11.8 Å². The lowest BCUT2D eigenvalue weighted by Crippen LogP contribution is -2.26. The van der Waals surface area contributed by atoms with Crippen molar-refractivity contribution in [1.29, 1.82) is 0 Å². The average Bonchev–Trinajstić information content (AvgIpc) is 2.80. The maximum atomic E-state index is 3.65. The highest BCUT2D eigenvalue weighted by atomic mass is 79.9. The molecule has 1 aromatic rings. The molecule has 1 aliphatic rings. The third kappa shape index (κ3) is 2.29. The highest BCUT2D eigenvalue weighted by Crippen LogP contribution is 2.42. The van der Waals surface area contributed by atoms with E-state index in [9.17, 15) is 0 Å². The van der Waals surface area contributed by atoms with Gasteiger partial charge in [0.15, 0.2) is 0 Å². The second-order valence-electron chi connectivity index (χ2n) is 4.51. The van der Waals surface area contributed by atoms with Crippen molar-refractivity contribution in [2.45, 2.75) is 32.2 Å². The molecule has 1 fully saturated rings. The zero-order valence-corrected chi connectivity index (χ0v) is 11.7. The summed E-state index contributed by atoms with van der Waals surface area (Å²) in [6.45, 7) is 2.39. The SMILES string of the molecule is CNC(c1cscc1Br)C1CCCC1C. The highest BCUT2D eigenvalue weighted by Gasteiger charge is 2.31. The van der Waals surface area contributed by atoms with E-state index in [0.29, 0.717) is 6.04 Å². The van der Waals surface area contributed by atoms with Crippen LogP contribution in [0, 0.1) is 11.8 Å². The van der Waals surface area contributed by atoms with Crippen LogP contribution in [-0.2, 0) is 0 Å². The fourth-order valence-corrected chi connectivity index (χ4v) is 4.36. The van der Waals surface area contributed by atoms with Crippen LogP contribution in [0.15, 0.2) is 15.2 Å². The van der Waals surface area contributed by atoms with E-state index >= 15 is 0 Å². The van der Waals surface area contributed by atoms with Gasteiger partial charge < -0.3 is 5.32 Å². The van der Waals surface area contributed by atoms with Gasteiger partial charge in [0.1, 0.15) is 0 Å². The second-order valence-corrected chi connectivity index (χ2v) is 6.11. The summed E-state index contributed by atoms with van der Waals surface area (Å²) < 4.78 is 1.27. The number of halogens is 1. The number of thiophene rings is 1. The van der Waals surface area contributed by atoms with Gasteiger partial charge in [-0.2, -0.15) is 11.3 Å². The lowest BCUT2D eigenvalue weighted by atomic mass is 9.87. The molecular formula is C12H18BrNS. The predicted octanol–water partition coefficient (Wildman–Crippen LogP) is 4.21. The summed E-state index contributed by atoms with van der Waals surface area (Å²) in [7, 11) is 2.08. The van der Waals surface area contributed by atoms with Gasteiger partial charge in [-0.3, -0.25) is 0 Å². The Labute approximate surface area is 104 Å². The van der Waals surface area contributed by atoms with Crippen LogP contribution in [0.25, 0.3) is 0 Å². The van der Waals surface area contributed by atoms with E-state index in [4.69, 9.17) is 0 Å². The molecule has 0 radical (unpaired) electrons. The summed E-state index contributed by atoms with van der Waals surface area (Å²) in [5.74, 6) is 1.66. The van der Waals surface area contributed by atoms with E-state index in [2.05, 4.69) is 46.0 Å². The molecule has 0 spiro atoms. The van der Waals surface area contributed by atoms with Crippen LogP contribution < -0.4 is 5.32 Å². The molecule has 0 aromatic carbocycles. The van der Waals surface area contributed by atoms with Crippen LogP contribution in [0.1, 0.15) is 37.8 Å². The molecule has 1 saturated carbocycles. The van der Waals surface area contributed by atoms with Crippen LogP contribution >= 0.6 is 27.3 Å². The fraction of sp³-hybridized carbons (Fsp3) is 0.667. The van der Waals surface area contributed by atoms with Crippen LogP contribution in [0.2, 0.25) is 0 Å². The Hall–Kier alpha value is 0.140. The monoisotopic (exact) mass is 287 g/mol. The topological polar surface area (TPSA) is 12.0 Å². The lowest BCUT2D eigenvalue weighted by molar-refractivity contribution is 0.315. The Morgan fingerprint density at radius 2 is 2.27 bits per heavy atom. The van der Waals surface area contributed by atoms with Crippen molar-refractivity contribution in [2.75, 3.05) is 7.05 Å². The molecule has 0 amide bonds. The van der Waals surface area contributed by atoms with Crippen molar-refractivity contribution < 1.29 is 0 Å². The third-order valence-corrected chi connectivity index (χ3v) is 5.40. The lowest BCUT2D eigenvalue weighted by Gasteiger charge is -2.26. The Morgan fingerprint density at radius 1 is 1.47 bits per heavy atom. The van der Waals surface area contributed by atoms with Gasteiger partial charge in [-0.25, -0.2) is 0 Å². The summed E-state index contributed by atoms with van der Waals surface area (Å²) in [5.41, 5.74) is 1.45.